The van der Waals surface area contributed by atoms with E-state index in [-0.39, 0.29) is 22.4 Å². The molecule has 63 heavy (non-hydrogen) atoms. The van der Waals surface area contributed by atoms with Crippen LogP contribution in [0.1, 0.15) is 144 Å². The molecule has 1 aliphatic carbocycles. The number of hydrogen-bond donors (Lipinski definition) is 0. The van der Waals surface area contributed by atoms with E-state index in [4.69, 9.17) is 18.9 Å². The maximum absolute atomic E-state index is 15.7. The predicted molar refractivity (Wildman–Crippen MR) is 233 cm³/mol. The van der Waals surface area contributed by atoms with Crippen LogP contribution in [0.5, 0.6) is 0 Å². The zero-order valence-corrected chi connectivity index (χ0v) is 38.0. The number of hydrogen-bond acceptors (Lipinski definition) is 12. The first kappa shape index (κ1) is 43.8. The van der Waals surface area contributed by atoms with Gasteiger partial charge in [0.1, 0.15) is 45.5 Å². The van der Waals surface area contributed by atoms with Gasteiger partial charge in [-0.3, -0.25) is 24.1 Å². The Morgan fingerprint density at radius 2 is 1.03 bits per heavy atom. The minimum Gasteiger partial charge on any atom is -0.460 e. The minimum absolute atomic E-state index is 0.0963. The lowest BCUT2D eigenvalue weighted by Gasteiger charge is -2.56. The van der Waals surface area contributed by atoms with E-state index in [1.165, 1.54) is 0 Å². The molecule has 0 saturated carbocycles. The molecule has 12 heteroatoms. The summed E-state index contributed by atoms with van der Waals surface area (Å²) in [5, 5.41) is 0. The zero-order chi connectivity index (χ0) is 45.9. The summed E-state index contributed by atoms with van der Waals surface area (Å²) in [6.45, 7) is 20.3. The van der Waals surface area contributed by atoms with Crippen LogP contribution in [-0.2, 0) is 38.1 Å². The highest BCUT2D eigenvalue weighted by Crippen LogP contribution is 2.68. The Balaban J connectivity index is 1.55. The van der Waals surface area contributed by atoms with Crippen LogP contribution in [0.15, 0.2) is 90.3 Å². The maximum Gasteiger partial charge on any atom is 0.356 e. The molecule has 12 nitrogen and oxygen atoms in total. The molecule has 1 saturated heterocycles. The first-order valence-electron chi connectivity index (χ1n) is 21.5. The first-order valence-corrected chi connectivity index (χ1v) is 21.5. The lowest BCUT2D eigenvalue weighted by molar-refractivity contribution is -0.174. The first-order chi connectivity index (χ1) is 29.3. The summed E-state index contributed by atoms with van der Waals surface area (Å²) < 4.78 is 24.7. The van der Waals surface area contributed by atoms with E-state index < -0.39 is 99.3 Å². The van der Waals surface area contributed by atoms with Crippen molar-refractivity contribution in [1.29, 1.82) is 0 Å². The van der Waals surface area contributed by atoms with Crippen molar-refractivity contribution in [2.45, 2.75) is 136 Å². The summed E-state index contributed by atoms with van der Waals surface area (Å²) in [4.78, 5) is 96.0. The number of carbonyl (C=O) groups excluding carboxylic acids is 6. The lowest BCUT2D eigenvalue weighted by atomic mass is 9.62. The molecule has 5 aliphatic rings. The van der Waals surface area contributed by atoms with Gasteiger partial charge in [0.05, 0.1) is 23.7 Å². The van der Waals surface area contributed by atoms with Crippen LogP contribution in [0, 0.1) is 11.3 Å². The average Bonchev–Trinajstić information content (AvgIpc) is 3.60. The topological polar surface area (TPSA) is 146 Å². The third-order valence-electron chi connectivity index (χ3n) is 12.0. The van der Waals surface area contributed by atoms with Crippen molar-refractivity contribution in [1.82, 2.24) is 9.80 Å². The average molecular weight is 857 g/mol. The molecule has 0 N–H and O–H groups in total. The fourth-order valence-corrected chi connectivity index (χ4v) is 10.4. The van der Waals surface area contributed by atoms with Crippen LogP contribution in [0.2, 0.25) is 0 Å². The third-order valence-corrected chi connectivity index (χ3v) is 12.0. The maximum atomic E-state index is 15.7. The van der Waals surface area contributed by atoms with Gasteiger partial charge < -0.3 is 23.8 Å². The molecular weight excluding hydrogens is 801 g/mol. The molecule has 0 aromatic heterocycles. The van der Waals surface area contributed by atoms with Crippen LogP contribution >= 0.6 is 0 Å². The van der Waals surface area contributed by atoms with E-state index in [2.05, 4.69) is 0 Å². The van der Waals surface area contributed by atoms with Crippen molar-refractivity contribution < 1.29 is 47.7 Å². The van der Waals surface area contributed by atoms with Gasteiger partial charge in [-0.2, -0.15) is 0 Å². The van der Waals surface area contributed by atoms with Crippen molar-refractivity contribution in [2.24, 2.45) is 11.3 Å². The van der Waals surface area contributed by atoms with E-state index in [9.17, 15) is 0 Å². The molecule has 4 aliphatic heterocycles. The monoisotopic (exact) mass is 856 g/mol. The van der Waals surface area contributed by atoms with Gasteiger partial charge in [-0.1, -0.05) is 72.8 Å². The second-order valence-corrected chi connectivity index (χ2v) is 21.1. The van der Waals surface area contributed by atoms with Crippen molar-refractivity contribution in [3.05, 3.63) is 124 Å². The van der Waals surface area contributed by atoms with Crippen LogP contribution in [0.4, 0.5) is 0 Å². The zero-order valence-electron chi connectivity index (χ0n) is 38.0. The standard InChI is InChI=1S/C51H56N2O10/c1-47(2,3)60-43(56)34-37-33(36-28-20-14-13-19-27(28)25-26-52(36)38(34)45(58)62-49(7,8)9)29-21-15-16-22-30(29)40-51(41(54)31-23-17-18-24-32(31)42(51)55)35(44(57)61-48(4,5)6)39(53(37)40)46(59)63-50(10,11)12/h13-26,33,35-37,39-40H,1-12H3/t33-,35+,36+,37-,39-,40-/m1/s1. The summed E-state index contributed by atoms with van der Waals surface area (Å²) in [5.74, 6) is -7.51. The Hall–Kier alpha value is -5.88. The highest BCUT2D eigenvalue weighted by Gasteiger charge is 2.78. The predicted octanol–water partition coefficient (Wildman–Crippen LogP) is 8.22. The van der Waals surface area contributed by atoms with E-state index in [0.29, 0.717) is 11.1 Å². The van der Waals surface area contributed by atoms with E-state index in [1.54, 1.807) is 129 Å². The van der Waals surface area contributed by atoms with Crippen LogP contribution in [0.3, 0.4) is 0 Å². The third kappa shape index (κ3) is 7.10. The van der Waals surface area contributed by atoms with Gasteiger partial charge in [0.25, 0.3) is 0 Å². The fraction of sp³-hybridized carbons (Fsp3) is 0.451. The molecule has 0 amide bonds. The Labute approximate surface area is 368 Å². The second kappa shape index (κ2) is 14.6. The molecule has 0 bridgehead atoms. The molecule has 1 fully saturated rings. The highest BCUT2D eigenvalue weighted by atomic mass is 16.6. The highest BCUT2D eigenvalue weighted by molar-refractivity contribution is 6.32. The Bertz CT molecular complexity index is 2510. The van der Waals surface area contributed by atoms with Gasteiger partial charge in [-0.15, -0.1) is 0 Å². The Morgan fingerprint density at radius 3 is 1.59 bits per heavy atom. The van der Waals surface area contributed by atoms with Gasteiger partial charge >= 0.3 is 23.9 Å². The lowest BCUT2D eigenvalue weighted by Crippen LogP contribution is -2.60. The second-order valence-electron chi connectivity index (χ2n) is 21.1. The normalized spacial score (nSPS) is 24.7. The van der Waals surface area contributed by atoms with Crippen LogP contribution < -0.4 is 0 Å². The number of nitrogens with zero attached hydrogens (tertiary/aromatic N) is 2. The van der Waals surface area contributed by atoms with Gasteiger partial charge in [0, 0.05) is 23.2 Å². The number of esters is 4. The number of rotatable bonds is 4. The Kier molecular flexibility index (Phi) is 10.1. The number of ether oxygens (including phenoxy) is 4. The molecule has 330 valence electrons. The number of ketones is 2. The summed E-state index contributed by atoms with van der Waals surface area (Å²) in [7, 11) is 0. The number of fused-ring (bicyclic) bond motifs is 12. The summed E-state index contributed by atoms with van der Waals surface area (Å²) in [5.41, 5.74) is -3.96. The largest absolute Gasteiger partial charge is 0.460 e. The molecule has 6 atom stereocenters. The molecule has 0 unspecified atom stereocenters. The van der Waals surface area contributed by atoms with Gasteiger partial charge in [-0.25, -0.2) is 9.59 Å². The molecule has 4 heterocycles. The van der Waals surface area contributed by atoms with Gasteiger partial charge in [-0.05, 0) is 111 Å². The van der Waals surface area contributed by atoms with E-state index >= 15 is 28.8 Å². The summed E-state index contributed by atoms with van der Waals surface area (Å²) >= 11 is 0. The summed E-state index contributed by atoms with van der Waals surface area (Å²) in [6, 6.07) is 16.3. The molecular formula is C51H56N2O10. The van der Waals surface area contributed by atoms with Gasteiger partial charge in [0.2, 0.25) is 0 Å². The fourth-order valence-electron chi connectivity index (χ4n) is 10.4. The van der Waals surface area contributed by atoms with E-state index in [0.717, 1.165) is 11.1 Å². The van der Waals surface area contributed by atoms with Crippen molar-refractivity contribution in [3.8, 4) is 0 Å². The number of Topliss-reactive ketones (excluding diaryl/α,β-unsaturated/α-hetero) is 2. The number of carbonyl (C=O) groups is 6. The van der Waals surface area contributed by atoms with Crippen LogP contribution in [0.25, 0.3) is 6.08 Å². The number of benzene rings is 3. The minimum atomic E-state index is -2.30. The van der Waals surface area contributed by atoms with E-state index in [1.807, 2.05) is 48.5 Å². The quantitative estimate of drug-likeness (QED) is 0.142. The molecule has 1 spiro atoms. The smallest absolute Gasteiger partial charge is 0.356 e. The Morgan fingerprint density at radius 1 is 0.556 bits per heavy atom. The van der Waals surface area contributed by atoms with Gasteiger partial charge in [0.15, 0.2) is 11.6 Å². The SMILES string of the molecule is CC(C)(C)OC(=O)C1=C(C(=O)OC(C)(C)C)N2C=Cc3ccccc3[C@H]2[C@H]2c3ccccc3[C@H]3N([C@@H]12)[C@@H](C(=O)OC(C)(C)C)[C@@H](C(=O)OC(C)(C)C)C31C(=O)c2ccccc2C1=O. The molecule has 3 aromatic carbocycles. The van der Waals surface area contributed by atoms with Crippen molar-refractivity contribution >= 4 is 41.5 Å². The molecule has 8 rings (SSSR count). The summed E-state index contributed by atoms with van der Waals surface area (Å²) in [6.07, 6.45) is 3.61. The van der Waals surface area contributed by atoms with Crippen molar-refractivity contribution in [3.63, 3.8) is 0 Å². The molecule has 3 aromatic rings. The molecule has 0 radical (unpaired) electrons. The van der Waals surface area contributed by atoms with Crippen LogP contribution in [-0.4, -0.2) is 79.7 Å². The van der Waals surface area contributed by atoms with Crippen molar-refractivity contribution in [2.75, 3.05) is 0 Å².